The van der Waals surface area contributed by atoms with Gasteiger partial charge >= 0.3 is 5.69 Å². The number of rotatable bonds is 6. The molecule has 1 N–H and O–H groups in total. The number of nitrogens with zero attached hydrogens (tertiary/aromatic N) is 3. The Labute approximate surface area is 122 Å². The van der Waals surface area contributed by atoms with E-state index in [1.165, 1.54) is 6.07 Å². The molecule has 1 heterocycles. The van der Waals surface area contributed by atoms with E-state index in [0.717, 1.165) is 18.5 Å². The van der Waals surface area contributed by atoms with Crippen molar-refractivity contribution in [2.24, 2.45) is 0 Å². The monoisotopic (exact) mass is 288 g/mol. The van der Waals surface area contributed by atoms with E-state index in [4.69, 9.17) is 4.74 Å². The van der Waals surface area contributed by atoms with Gasteiger partial charge in [0, 0.05) is 24.9 Å². The molecule has 0 amide bonds. The molecule has 2 aromatic rings. The Hall–Kier alpha value is -2.70. The molecular weight excluding hydrogens is 272 g/mol. The number of aryl methyl sites for hydroxylation is 1. The van der Waals surface area contributed by atoms with Crippen molar-refractivity contribution < 1.29 is 9.66 Å². The van der Waals surface area contributed by atoms with Crippen LogP contribution in [0.4, 0.5) is 11.6 Å². The van der Waals surface area contributed by atoms with Crippen molar-refractivity contribution in [1.82, 2.24) is 9.97 Å². The van der Waals surface area contributed by atoms with E-state index in [0.29, 0.717) is 5.95 Å². The van der Waals surface area contributed by atoms with Gasteiger partial charge in [-0.15, -0.1) is 0 Å². The molecule has 0 aliphatic carbocycles. The molecule has 21 heavy (non-hydrogen) atoms. The van der Waals surface area contributed by atoms with Crippen LogP contribution in [0, 0.1) is 17.0 Å². The average molecular weight is 288 g/mol. The number of aromatic nitrogens is 2. The summed E-state index contributed by atoms with van der Waals surface area (Å²) in [5, 5.41) is 14.0. The molecule has 1 aromatic carbocycles. The van der Waals surface area contributed by atoms with Crippen molar-refractivity contribution in [3.05, 3.63) is 46.1 Å². The zero-order chi connectivity index (χ0) is 15.2. The number of anilines is 1. The van der Waals surface area contributed by atoms with Gasteiger partial charge in [-0.1, -0.05) is 13.0 Å². The lowest BCUT2D eigenvalue weighted by molar-refractivity contribution is -0.385. The van der Waals surface area contributed by atoms with Crippen LogP contribution in [0.15, 0.2) is 30.5 Å². The second-order valence-corrected chi connectivity index (χ2v) is 4.48. The third-order valence-electron chi connectivity index (χ3n) is 2.69. The lowest BCUT2D eigenvalue weighted by atomic mass is 10.2. The minimum atomic E-state index is -0.480. The molecule has 0 spiro atoms. The number of benzene rings is 1. The van der Waals surface area contributed by atoms with E-state index in [9.17, 15) is 10.1 Å². The van der Waals surface area contributed by atoms with Crippen LogP contribution in [0.2, 0.25) is 0 Å². The predicted molar refractivity (Wildman–Crippen MR) is 78.7 cm³/mol. The Bertz CT molecular complexity index is 646. The molecule has 0 radical (unpaired) electrons. The smallest absolute Gasteiger partial charge is 0.311 e. The first-order valence-corrected chi connectivity index (χ1v) is 6.60. The minimum Gasteiger partial charge on any atom is -0.432 e. The highest BCUT2D eigenvalue weighted by Gasteiger charge is 2.16. The molecule has 0 saturated carbocycles. The summed E-state index contributed by atoms with van der Waals surface area (Å²) in [5.41, 5.74) is 0.774. The first-order valence-electron chi connectivity index (χ1n) is 6.60. The van der Waals surface area contributed by atoms with E-state index in [2.05, 4.69) is 15.3 Å². The summed E-state index contributed by atoms with van der Waals surface area (Å²) in [6.45, 7) is 4.61. The summed E-state index contributed by atoms with van der Waals surface area (Å²) in [6.07, 6.45) is 2.49. The number of ether oxygens (including phenoxy) is 1. The summed E-state index contributed by atoms with van der Waals surface area (Å²) < 4.78 is 5.54. The van der Waals surface area contributed by atoms with Crippen LogP contribution in [0.5, 0.6) is 11.6 Å². The molecule has 0 aliphatic heterocycles. The Morgan fingerprint density at radius 2 is 2.19 bits per heavy atom. The van der Waals surface area contributed by atoms with Crippen LogP contribution >= 0.6 is 0 Å². The van der Waals surface area contributed by atoms with Gasteiger partial charge in [-0.25, -0.2) is 4.98 Å². The van der Waals surface area contributed by atoms with E-state index in [-0.39, 0.29) is 17.3 Å². The lowest BCUT2D eigenvalue weighted by Crippen LogP contribution is -2.04. The van der Waals surface area contributed by atoms with Gasteiger partial charge in [0.1, 0.15) is 0 Å². The van der Waals surface area contributed by atoms with Crippen molar-refractivity contribution >= 4 is 11.6 Å². The molecule has 0 fully saturated rings. The Morgan fingerprint density at radius 1 is 1.38 bits per heavy atom. The fourth-order valence-electron chi connectivity index (χ4n) is 1.69. The van der Waals surface area contributed by atoms with Gasteiger partial charge in [-0.05, 0) is 25.0 Å². The molecule has 7 nitrogen and oxygen atoms in total. The van der Waals surface area contributed by atoms with Crippen LogP contribution in [0.3, 0.4) is 0 Å². The average Bonchev–Trinajstić information content (AvgIpc) is 2.45. The molecular formula is C14H16N4O3. The molecule has 110 valence electrons. The number of nitro benzene ring substituents is 1. The second kappa shape index (κ2) is 6.65. The highest BCUT2D eigenvalue weighted by Crippen LogP contribution is 2.31. The van der Waals surface area contributed by atoms with E-state index >= 15 is 0 Å². The number of hydrogen-bond acceptors (Lipinski definition) is 6. The normalized spacial score (nSPS) is 10.2. The Kier molecular flexibility index (Phi) is 4.65. The van der Waals surface area contributed by atoms with Gasteiger partial charge in [0.25, 0.3) is 0 Å². The SMILES string of the molecule is CCCNc1nccc(Oc2cc(C)ccc2[N+](=O)[O-])n1. The van der Waals surface area contributed by atoms with E-state index in [1.807, 2.05) is 13.8 Å². The standard InChI is InChI=1S/C14H16N4O3/c1-3-7-15-14-16-8-6-13(17-14)21-12-9-10(2)4-5-11(12)18(19)20/h4-6,8-9H,3,7H2,1-2H3,(H,15,16,17). The molecule has 2 rings (SSSR count). The Balaban J connectivity index is 2.25. The maximum absolute atomic E-state index is 11.0. The second-order valence-electron chi connectivity index (χ2n) is 4.48. The molecule has 0 aliphatic rings. The highest BCUT2D eigenvalue weighted by atomic mass is 16.6. The van der Waals surface area contributed by atoms with Gasteiger partial charge in [-0.2, -0.15) is 4.98 Å². The summed E-state index contributed by atoms with van der Waals surface area (Å²) in [5.74, 6) is 0.863. The zero-order valence-corrected chi connectivity index (χ0v) is 11.9. The first kappa shape index (κ1) is 14.7. The first-order chi connectivity index (χ1) is 10.1. The largest absolute Gasteiger partial charge is 0.432 e. The number of nitro groups is 1. The van der Waals surface area contributed by atoms with E-state index < -0.39 is 4.92 Å². The van der Waals surface area contributed by atoms with Crippen LogP contribution in [-0.4, -0.2) is 21.4 Å². The van der Waals surface area contributed by atoms with Gasteiger partial charge in [0.2, 0.25) is 17.6 Å². The van der Waals surface area contributed by atoms with Crippen LogP contribution in [0.1, 0.15) is 18.9 Å². The fraction of sp³-hybridized carbons (Fsp3) is 0.286. The fourth-order valence-corrected chi connectivity index (χ4v) is 1.69. The zero-order valence-electron chi connectivity index (χ0n) is 11.9. The van der Waals surface area contributed by atoms with Crippen molar-refractivity contribution in [1.29, 1.82) is 0 Å². The number of nitrogens with one attached hydrogen (secondary N) is 1. The quantitative estimate of drug-likeness (QED) is 0.647. The topological polar surface area (TPSA) is 90.2 Å². The van der Waals surface area contributed by atoms with Crippen molar-refractivity contribution in [2.75, 3.05) is 11.9 Å². The van der Waals surface area contributed by atoms with Gasteiger partial charge < -0.3 is 10.1 Å². The van der Waals surface area contributed by atoms with Crippen LogP contribution in [0.25, 0.3) is 0 Å². The third kappa shape index (κ3) is 3.88. The predicted octanol–water partition coefficient (Wildman–Crippen LogP) is 3.31. The molecule has 1 aromatic heterocycles. The van der Waals surface area contributed by atoms with Crippen molar-refractivity contribution in [2.45, 2.75) is 20.3 Å². The minimum absolute atomic E-state index is 0.0951. The summed E-state index contributed by atoms with van der Waals surface area (Å²) >= 11 is 0. The lowest BCUT2D eigenvalue weighted by Gasteiger charge is -2.08. The highest BCUT2D eigenvalue weighted by molar-refractivity contribution is 5.49. The summed E-state index contributed by atoms with van der Waals surface area (Å²) in [6, 6.07) is 6.25. The van der Waals surface area contributed by atoms with Gasteiger partial charge in [0.15, 0.2) is 0 Å². The van der Waals surface area contributed by atoms with Gasteiger partial charge in [-0.3, -0.25) is 10.1 Å². The Morgan fingerprint density at radius 3 is 2.90 bits per heavy atom. The van der Waals surface area contributed by atoms with Crippen LogP contribution < -0.4 is 10.1 Å². The molecule has 0 bridgehead atoms. The third-order valence-corrected chi connectivity index (χ3v) is 2.69. The number of hydrogen-bond donors (Lipinski definition) is 1. The molecule has 0 unspecified atom stereocenters. The molecule has 0 atom stereocenters. The molecule has 0 saturated heterocycles. The summed E-state index contributed by atoms with van der Waals surface area (Å²) in [4.78, 5) is 18.8. The van der Waals surface area contributed by atoms with Crippen molar-refractivity contribution in [3.63, 3.8) is 0 Å². The van der Waals surface area contributed by atoms with Crippen molar-refractivity contribution in [3.8, 4) is 11.6 Å². The summed E-state index contributed by atoms with van der Waals surface area (Å²) in [7, 11) is 0. The molecule has 7 heteroatoms. The maximum atomic E-state index is 11.0. The van der Waals surface area contributed by atoms with E-state index in [1.54, 1.807) is 24.4 Å². The van der Waals surface area contributed by atoms with Gasteiger partial charge in [0.05, 0.1) is 4.92 Å². The maximum Gasteiger partial charge on any atom is 0.311 e. The van der Waals surface area contributed by atoms with Crippen LogP contribution in [-0.2, 0) is 0 Å².